The van der Waals surface area contributed by atoms with Crippen molar-refractivity contribution in [3.63, 3.8) is 0 Å². The number of benzene rings is 2. The fourth-order valence-electron chi connectivity index (χ4n) is 2.78. The summed E-state index contributed by atoms with van der Waals surface area (Å²) in [6.07, 6.45) is 5.08. The molecule has 0 saturated carbocycles. The topological polar surface area (TPSA) is 79.6 Å². The van der Waals surface area contributed by atoms with E-state index in [1.54, 1.807) is 11.9 Å². The van der Waals surface area contributed by atoms with Crippen molar-refractivity contribution < 1.29 is 17.6 Å². The highest BCUT2D eigenvalue weighted by molar-refractivity contribution is 7.89. The number of amides is 1. The molecule has 0 saturated heterocycles. The predicted molar refractivity (Wildman–Crippen MR) is 107 cm³/mol. The number of nitrogens with one attached hydrogen (secondary N) is 1. The average molecular weight is 396 g/mol. The van der Waals surface area contributed by atoms with Crippen LogP contribution in [0.2, 0.25) is 0 Å². The summed E-state index contributed by atoms with van der Waals surface area (Å²) in [6.45, 7) is 1.78. The van der Waals surface area contributed by atoms with Gasteiger partial charge < -0.3 is 9.32 Å². The molecule has 2 aromatic carbocycles. The number of nitrogens with zero attached hydrogens (tertiary/aromatic N) is 1. The van der Waals surface area contributed by atoms with Gasteiger partial charge in [-0.1, -0.05) is 24.1 Å². The molecule has 0 aliphatic heterocycles. The molecule has 6 nitrogen and oxygen atoms in total. The largest absolute Gasteiger partial charge is 0.459 e. The van der Waals surface area contributed by atoms with E-state index in [1.165, 1.54) is 24.3 Å². The maximum atomic E-state index is 12.8. The Morgan fingerprint density at radius 1 is 1.21 bits per heavy atom. The maximum Gasteiger partial charge on any atom is 0.254 e. The number of terminal acetylenes is 1. The van der Waals surface area contributed by atoms with Gasteiger partial charge in [0.2, 0.25) is 10.0 Å². The van der Waals surface area contributed by atoms with Gasteiger partial charge >= 0.3 is 0 Å². The van der Waals surface area contributed by atoms with Crippen LogP contribution in [0.25, 0.3) is 11.0 Å². The Hall–Kier alpha value is -3.08. The van der Waals surface area contributed by atoms with E-state index in [2.05, 4.69) is 10.6 Å². The molecule has 7 heteroatoms. The second kappa shape index (κ2) is 7.89. The van der Waals surface area contributed by atoms with E-state index in [0.29, 0.717) is 11.3 Å². The molecule has 0 fully saturated rings. The first kappa shape index (κ1) is 19.7. The van der Waals surface area contributed by atoms with Crippen LogP contribution in [0, 0.1) is 12.3 Å². The Balaban J connectivity index is 1.78. The highest BCUT2D eigenvalue weighted by atomic mass is 32.2. The summed E-state index contributed by atoms with van der Waals surface area (Å²) >= 11 is 0. The monoisotopic (exact) mass is 396 g/mol. The van der Waals surface area contributed by atoms with Crippen molar-refractivity contribution in [2.75, 3.05) is 13.6 Å². The molecule has 0 bridgehead atoms. The lowest BCUT2D eigenvalue weighted by Crippen LogP contribution is -2.29. The van der Waals surface area contributed by atoms with Crippen LogP contribution in [0.15, 0.2) is 63.9 Å². The fourth-order valence-corrected chi connectivity index (χ4v) is 3.71. The summed E-state index contributed by atoms with van der Waals surface area (Å²) in [5, 5.41) is 0.972. The second-order valence-electron chi connectivity index (χ2n) is 6.33. The molecule has 1 heterocycles. The van der Waals surface area contributed by atoms with Crippen LogP contribution in [0.3, 0.4) is 0 Å². The zero-order valence-electron chi connectivity index (χ0n) is 15.5. The molecule has 0 spiro atoms. The van der Waals surface area contributed by atoms with Crippen LogP contribution >= 0.6 is 0 Å². The first-order chi connectivity index (χ1) is 13.3. The summed E-state index contributed by atoms with van der Waals surface area (Å²) in [5.41, 5.74) is 1.14. The van der Waals surface area contributed by atoms with E-state index in [9.17, 15) is 13.2 Å². The van der Waals surface area contributed by atoms with Gasteiger partial charge in [0.05, 0.1) is 17.5 Å². The summed E-state index contributed by atoms with van der Waals surface area (Å²) in [4.78, 5) is 14.4. The van der Waals surface area contributed by atoms with Gasteiger partial charge in [-0.05, 0) is 43.3 Å². The van der Waals surface area contributed by atoms with Crippen molar-refractivity contribution in [2.24, 2.45) is 0 Å². The highest BCUT2D eigenvalue weighted by Crippen LogP contribution is 2.27. The number of carbonyl (C=O) groups is 1. The van der Waals surface area contributed by atoms with Crippen molar-refractivity contribution in [3.8, 4) is 12.3 Å². The van der Waals surface area contributed by atoms with Crippen LogP contribution in [0.1, 0.15) is 29.1 Å². The van der Waals surface area contributed by atoms with E-state index in [-0.39, 0.29) is 23.4 Å². The van der Waals surface area contributed by atoms with Gasteiger partial charge in [0.25, 0.3) is 5.91 Å². The van der Waals surface area contributed by atoms with Gasteiger partial charge in [-0.25, -0.2) is 8.42 Å². The number of carbonyl (C=O) groups excluding carboxylic acids is 1. The Morgan fingerprint density at radius 3 is 2.54 bits per heavy atom. The number of furan rings is 1. The molecule has 0 radical (unpaired) electrons. The molecule has 0 aliphatic carbocycles. The third kappa shape index (κ3) is 3.93. The van der Waals surface area contributed by atoms with Gasteiger partial charge in [-0.2, -0.15) is 4.72 Å². The third-order valence-electron chi connectivity index (χ3n) is 4.53. The first-order valence-corrected chi connectivity index (χ1v) is 10.1. The van der Waals surface area contributed by atoms with Crippen molar-refractivity contribution >= 4 is 26.9 Å². The predicted octanol–water partition coefficient (Wildman–Crippen LogP) is 3.18. The highest BCUT2D eigenvalue weighted by Gasteiger charge is 2.22. The molecule has 1 aromatic heterocycles. The Bertz CT molecular complexity index is 1110. The van der Waals surface area contributed by atoms with Crippen molar-refractivity contribution in [1.82, 2.24) is 9.62 Å². The average Bonchev–Trinajstić information content (AvgIpc) is 3.15. The third-order valence-corrected chi connectivity index (χ3v) is 5.95. The quantitative estimate of drug-likeness (QED) is 0.649. The Labute approximate surface area is 164 Å². The molecule has 28 heavy (non-hydrogen) atoms. The number of sulfonamides is 1. The van der Waals surface area contributed by atoms with Crippen LogP contribution < -0.4 is 4.72 Å². The molecule has 1 N–H and O–H groups in total. The van der Waals surface area contributed by atoms with E-state index in [4.69, 9.17) is 10.8 Å². The Kier molecular flexibility index (Phi) is 5.54. The van der Waals surface area contributed by atoms with Gasteiger partial charge in [-0.3, -0.25) is 4.79 Å². The molecule has 0 aliphatic rings. The van der Waals surface area contributed by atoms with E-state index >= 15 is 0 Å². The molecule has 144 valence electrons. The second-order valence-corrected chi connectivity index (χ2v) is 8.10. The SMILES string of the molecule is C#CCNS(=O)(=O)c1ccc(C(=O)N(C)C(C)c2cc3ccccc3o2)cc1. The molecule has 1 atom stereocenters. The fraction of sp³-hybridized carbons (Fsp3) is 0.190. The van der Waals surface area contributed by atoms with Crippen LogP contribution in [0.5, 0.6) is 0 Å². The van der Waals surface area contributed by atoms with Crippen LogP contribution in [-0.2, 0) is 10.0 Å². The smallest absolute Gasteiger partial charge is 0.254 e. The van der Waals surface area contributed by atoms with E-state index in [0.717, 1.165) is 11.0 Å². The zero-order chi connectivity index (χ0) is 20.3. The van der Waals surface area contributed by atoms with E-state index < -0.39 is 10.0 Å². The minimum Gasteiger partial charge on any atom is -0.459 e. The molecule has 1 unspecified atom stereocenters. The molecule has 3 rings (SSSR count). The van der Waals surface area contributed by atoms with Gasteiger partial charge in [-0.15, -0.1) is 6.42 Å². The normalized spacial score (nSPS) is 12.5. The number of rotatable bonds is 6. The number of fused-ring (bicyclic) bond motifs is 1. The van der Waals surface area contributed by atoms with Crippen LogP contribution in [0.4, 0.5) is 0 Å². The standard InChI is InChI=1S/C21H20N2O4S/c1-4-13-22-28(25,26)18-11-9-16(10-12-18)21(24)23(3)15(2)20-14-17-7-5-6-8-19(17)27-20/h1,5-12,14-15,22H,13H2,2-3H3. The lowest BCUT2D eigenvalue weighted by Gasteiger charge is -2.23. The molecular formula is C21H20N2O4S. The summed E-state index contributed by atoms with van der Waals surface area (Å²) < 4.78 is 32.3. The van der Waals surface area contributed by atoms with Gasteiger partial charge in [0, 0.05) is 18.0 Å². The maximum absolute atomic E-state index is 12.8. The molecular weight excluding hydrogens is 376 g/mol. The number of hydrogen-bond acceptors (Lipinski definition) is 4. The lowest BCUT2D eigenvalue weighted by molar-refractivity contribution is 0.0727. The molecule has 1 amide bonds. The van der Waals surface area contributed by atoms with Crippen molar-refractivity contribution in [3.05, 3.63) is 65.9 Å². The molecule has 3 aromatic rings. The van der Waals surface area contributed by atoms with Crippen molar-refractivity contribution in [1.29, 1.82) is 0 Å². The minimum absolute atomic E-state index is 0.0484. The summed E-state index contributed by atoms with van der Waals surface area (Å²) in [7, 11) is -2.01. The van der Waals surface area contributed by atoms with Crippen LogP contribution in [-0.4, -0.2) is 32.8 Å². The summed E-state index contributed by atoms with van der Waals surface area (Å²) in [5.74, 6) is 2.65. The Morgan fingerprint density at radius 2 is 1.89 bits per heavy atom. The number of para-hydroxylation sites is 1. The zero-order valence-corrected chi connectivity index (χ0v) is 16.4. The first-order valence-electron chi connectivity index (χ1n) is 8.62. The number of hydrogen-bond donors (Lipinski definition) is 1. The van der Waals surface area contributed by atoms with Crippen molar-refractivity contribution in [2.45, 2.75) is 17.9 Å². The van der Waals surface area contributed by atoms with E-state index in [1.807, 2.05) is 37.3 Å². The minimum atomic E-state index is -3.69. The lowest BCUT2D eigenvalue weighted by atomic mass is 10.1. The summed E-state index contributed by atoms with van der Waals surface area (Å²) in [6, 6.07) is 15.0. The van der Waals surface area contributed by atoms with Gasteiger partial charge in [0.15, 0.2) is 0 Å². The van der Waals surface area contributed by atoms with Gasteiger partial charge in [0.1, 0.15) is 11.3 Å².